The van der Waals surface area contributed by atoms with Crippen molar-refractivity contribution < 1.29 is 23.1 Å². The summed E-state index contributed by atoms with van der Waals surface area (Å²) in [4.78, 5) is 26.7. The summed E-state index contributed by atoms with van der Waals surface area (Å²) in [5.41, 5.74) is 0.661. The SMILES string of the molecule is C[C@@]1(c2ccc(OC(F)F)cc2)NC(=O)N(Cc2cn3ccccc3c2C#N)C1=O. The Balaban J connectivity index is 1.62. The summed E-state index contributed by atoms with van der Waals surface area (Å²) in [5, 5.41) is 12.2. The van der Waals surface area contributed by atoms with E-state index in [0.29, 0.717) is 22.2 Å². The van der Waals surface area contributed by atoms with Crippen LogP contribution in [0.25, 0.3) is 5.52 Å². The summed E-state index contributed by atoms with van der Waals surface area (Å²) >= 11 is 0. The van der Waals surface area contributed by atoms with Gasteiger partial charge in [-0.15, -0.1) is 0 Å². The molecule has 1 aliphatic rings. The van der Waals surface area contributed by atoms with Gasteiger partial charge in [0.05, 0.1) is 17.6 Å². The van der Waals surface area contributed by atoms with E-state index in [9.17, 15) is 23.6 Å². The van der Waals surface area contributed by atoms with Gasteiger partial charge < -0.3 is 14.5 Å². The lowest BCUT2D eigenvalue weighted by Crippen LogP contribution is -2.40. The van der Waals surface area contributed by atoms with E-state index in [4.69, 9.17) is 0 Å². The van der Waals surface area contributed by atoms with Gasteiger partial charge in [0.2, 0.25) is 0 Å². The maximum Gasteiger partial charge on any atom is 0.387 e. The van der Waals surface area contributed by atoms with Crippen LogP contribution in [0.1, 0.15) is 23.6 Å². The van der Waals surface area contributed by atoms with Crippen LogP contribution in [0.2, 0.25) is 0 Å². The van der Waals surface area contributed by atoms with Gasteiger partial charge in [0.15, 0.2) is 0 Å². The molecule has 1 N–H and O–H groups in total. The Labute approximate surface area is 170 Å². The standard InChI is InChI=1S/C21H16F2N4O3/c1-21(14-5-7-15(8-6-14)30-19(22)23)18(28)27(20(29)25-21)12-13-11-26-9-3-2-4-17(26)16(13)10-24/h2-9,11,19H,12H2,1H3,(H,25,29)/t21-/m0/s1. The van der Waals surface area contributed by atoms with Crippen LogP contribution in [-0.4, -0.2) is 27.9 Å². The van der Waals surface area contributed by atoms with Crippen LogP contribution in [0.3, 0.4) is 0 Å². The van der Waals surface area contributed by atoms with E-state index >= 15 is 0 Å². The van der Waals surface area contributed by atoms with Crippen LogP contribution >= 0.6 is 0 Å². The lowest BCUT2D eigenvalue weighted by atomic mass is 9.92. The molecule has 0 spiro atoms. The highest BCUT2D eigenvalue weighted by atomic mass is 19.3. The van der Waals surface area contributed by atoms with Crippen molar-refractivity contribution in [3.8, 4) is 11.8 Å². The zero-order chi connectivity index (χ0) is 21.5. The lowest BCUT2D eigenvalue weighted by Gasteiger charge is -2.22. The van der Waals surface area contributed by atoms with E-state index in [2.05, 4.69) is 16.1 Å². The van der Waals surface area contributed by atoms with Crippen molar-refractivity contribution in [2.75, 3.05) is 0 Å². The fourth-order valence-electron chi connectivity index (χ4n) is 3.60. The number of rotatable bonds is 5. The largest absolute Gasteiger partial charge is 0.435 e. The molecule has 0 saturated carbocycles. The number of nitrogens with one attached hydrogen (secondary N) is 1. The molecule has 1 saturated heterocycles. The number of halogens is 2. The number of benzene rings is 1. The first-order chi connectivity index (χ1) is 14.3. The summed E-state index contributed by atoms with van der Waals surface area (Å²) in [6.07, 6.45) is 3.49. The molecule has 3 amide bonds. The molecule has 1 fully saturated rings. The zero-order valence-corrected chi connectivity index (χ0v) is 15.8. The number of fused-ring (bicyclic) bond motifs is 1. The summed E-state index contributed by atoms with van der Waals surface area (Å²) in [7, 11) is 0. The highest BCUT2D eigenvalue weighted by Crippen LogP contribution is 2.32. The van der Waals surface area contributed by atoms with Gasteiger partial charge in [-0.3, -0.25) is 9.69 Å². The van der Waals surface area contributed by atoms with Crippen molar-refractivity contribution in [3.63, 3.8) is 0 Å². The first-order valence-electron chi connectivity index (χ1n) is 9.01. The maximum atomic E-state index is 13.1. The number of ether oxygens (including phenoxy) is 1. The van der Waals surface area contributed by atoms with Crippen LogP contribution in [0.4, 0.5) is 13.6 Å². The first kappa shape index (κ1) is 19.4. The number of carbonyl (C=O) groups excluding carboxylic acids is 2. The number of pyridine rings is 1. The molecule has 3 aromatic rings. The van der Waals surface area contributed by atoms with Crippen molar-refractivity contribution in [1.29, 1.82) is 5.26 Å². The van der Waals surface area contributed by atoms with Crippen molar-refractivity contribution in [2.24, 2.45) is 0 Å². The highest BCUT2D eigenvalue weighted by Gasteiger charge is 2.49. The van der Waals surface area contributed by atoms with Gasteiger partial charge in [-0.25, -0.2) is 4.79 Å². The van der Waals surface area contributed by atoms with E-state index in [0.717, 1.165) is 4.90 Å². The summed E-state index contributed by atoms with van der Waals surface area (Å²) in [6.45, 7) is -1.49. The number of hydrogen-bond donors (Lipinski definition) is 1. The summed E-state index contributed by atoms with van der Waals surface area (Å²) in [6, 6.07) is 12.4. The third-order valence-corrected chi connectivity index (χ3v) is 5.13. The molecule has 0 aliphatic carbocycles. The van der Waals surface area contributed by atoms with Crippen LogP contribution < -0.4 is 10.1 Å². The van der Waals surface area contributed by atoms with Gasteiger partial charge in [0, 0.05) is 18.0 Å². The predicted molar refractivity (Wildman–Crippen MR) is 102 cm³/mol. The Bertz CT molecular complexity index is 1180. The number of amides is 3. The van der Waals surface area contributed by atoms with Gasteiger partial charge in [0.25, 0.3) is 5.91 Å². The molecule has 0 bridgehead atoms. The topological polar surface area (TPSA) is 86.8 Å². The fraction of sp³-hybridized carbons (Fsp3) is 0.190. The normalized spacial score (nSPS) is 18.7. The minimum atomic E-state index is -2.96. The number of imide groups is 1. The molecule has 1 atom stereocenters. The Hall–Kier alpha value is -3.93. The molecule has 152 valence electrons. The number of nitriles is 1. The average Bonchev–Trinajstić information content (AvgIpc) is 3.18. The molecule has 7 nitrogen and oxygen atoms in total. The number of carbonyl (C=O) groups is 2. The molecule has 1 aromatic carbocycles. The number of hydrogen-bond acceptors (Lipinski definition) is 4. The van der Waals surface area contributed by atoms with Crippen molar-refractivity contribution >= 4 is 17.5 Å². The van der Waals surface area contributed by atoms with E-state index in [1.165, 1.54) is 31.2 Å². The van der Waals surface area contributed by atoms with Gasteiger partial charge in [-0.1, -0.05) is 18.2 Å². The van der Waals surface area contributed by atoms with Crippen molar-refractivity contribution in [2.45, 2.75) is 25.6 Å². The number of nitrogens with zero attached hydrogens (tertiary/aromatic N) is 3. The summed E-state index contributed by atoms with van der Waals surface area (Å²) in [5.74, 6) is -0.556. The smallest absolute Gasteiger partial charge is 0.387 e. The Kier molecular flexibility index (Phi) is 4.62. The summed E-state index contributed by atoms with van der Waals surface area (Å²) < 4.78 is 30.8. The highest BCUT2D eigenvalue weighted by molar-refractivity contribution is 6.07. The van der Waals surface area contributed by atoms with Gasteiger partial charge in [0.1, 0.15) is 17.4 Å². The molecule has 2 aromatic heterocycles. The quantitative estimate of drug-likeness (QED) is 0.654. The van der Waals surface area contributed by atoms with Crippen molar-refractivity contribution in [1.82, 2.24) is 14.6 Å². The Morgan fingerprint density at radius 2 is 1.93 bits per heavy atom. The second kappa shape index (κ2) is 7.15. The van der Waals surface area contributed by atoms with Crippen LogP contribution in [-0.2, 0) is 16.9 Å². The third-order valence-electron chi connectivity index (χ3n) is 5.13. The molecule has 0 unspecified atom stereocenters. The second-order valence-corrected chi connectivity index (χ2v) is 6.98. The molecular weight excluding hydrogens is 394 g/mol. The van der Waals surface area contributed by atoms with Gasteiger partial charge >= 0.3 is 12.6 Å². The predicted octanol–water partition coefficient (Wildman–Crippen LogP) is 3.38. The molecule has 9 heteroatoms. The number of alkyl halides is 2. The van der Waals surface area contributed by atoms with Gasteiger partial charge in [-0.05, 0) is 36.8 Å². The zero-order valence-electron chi connectivity index (χ0n) is 15.8. The minimum Gasteiger partial charge on any atom is -0.435 e. The third kappa shape index (κ3) is 3.12. The van der Waals surface area contributed by atoms with E-state index in [1.54, 1.807) is 28.9 Å². The number of urea groups is 1. The monoisotopic (exact) mass is 410 g/mol. The van der Waals surface area contributed by atoms with Crippen LogP contribution in [0.5, 0.6) is 5.75 Å². The Morgan fingerprint density at radius 3 is 2.60 bits per heavy atom. The molecular formula is C21H16F2N4O3. The first-order valence-corrected chi connectivity index (χ1v) is 9.01. The Morgan fingerprint density at radius 1 is 1.20 bits per heavy atom. The minimum absolute atomic E-state index is 0.0508. The van der Waals surface area contributed by atoms with E-state index in [1.807, 2.05) is 6.07 Å². The van der Waals surface area contributed by atoms with Crippen LogP contribution in [0.15, 0.2) is 54.9 Å². The molecule has 3 heterocycles. The second-order valence-electron chi connectivity index (χ2n) is 6.98. The average molecular weight is 410 g/mol. The number of aromatic nitrogens is 1. The molecule has 4 rings (SSSR count). The van der Waals surface area contributed by atoms with E-state index in [-0.39, 0.29) is 12.3 Å². The lowest BCUT2D eigenvalue weighted by molar-refractivity contribution is -0.131. The fourth-order valence-corrected chi connectivity index (χ4v) is 3.60. The molecule has 0 radical (unpaired) electrons. The van der Waals surface area contributed by atoms with Crippen molar-refractivity contribution in [3.05, 3.63) is 71.5 Å². The van der Waals surface area contributed by atoms with Gasteiger partial charge in [-0.2, -0.15) is 14.0 Å². The van der Waals surface area contributed by atoms with Crippen LogP contribution in [0, 0.1) is 11.3 Å². The maximum absolute atomic E-state index is 13.1. The molecule has 1 aliphatic heterocycles. The van der Waals surface area contributed by atoms with E-state index < -0.39 is 24.1 Å². The molecule has 30 heavy (non-hydrogen) atoms.